The van der Waals surface area contributed by atoms with Gasteiger partial charge in [0, 0.05) is 77.9 Å². The van der Waals surface area contributed by atoms with Gasteiger partial charge in [0.25, 0.3) is 0 Å². The predicted octanol–water partition coefficient (Wildman–Crippen LogP) is 25.1. The summed E-state index contributed by atoms with van der Waals surface area (Å²) in [5.41, 5.74) is 28.7. The SMILES string of the molecule is CC1(C)c2cc(-c3c4ccccc4c(-c4ccc5c(c4)C(C)(C)c4cc(N(c6ccccc6)c6ccc7c(c6)c6ccccc6n7-c6ccccc6)ccc4-5)c4ccccc34)ccc2-c2ccc(N(c3ccccc3)c3ccc4c(c3)c3ccccc3n4-c3ccccc3)cc21. The summed E-state index contributed by atoms with van der Waals surface area (Å²) in [6.07, 6.45) is 0. The van der Waals surface area contributed by atoms with Gasteiger partial charge in [0.1, 0.15) is 0 Å². The minimum Gasteiger partial charge on any atom is -0.310 e. The van der Waals surface area contributed by atoms with E-state index in [0.29, 0.717) is 0 Å². The topological polar surface area (TPSA) is 16.3 Å². The number of para-hydroxylation sites is 6. The van der Waals surface area contributed by atoms with E-state index in [1.807, 2.05) is 0 Å². The maximum absolute atomic E-state index is 2.51. The van der Waals surface area contributed by atoms with Crippen LogP contribution in [0.15, 0.2) is 328 Å². The van der Waals surface area contributed by atoms with Crippen molar-refractivity contribution in [3.05, 3.63) is 350 Å². The van der Waals surface area contributed by atoms with Gasteiger partial charge in [-0.2, -0.15) is 0 Å². The zero-order chi connectivity index (χ0) is 64.0. The highest BCUT2D eigenvalue weighted by atomic mass is 15.2. The van der Waals surface area contributed by atoms with E-state index in [0.717, 1.165) is 45.5 Å². The van der Waals surface area contributed by atoms with Crippen molar-refractivity contribution in [1.29, 1.82) is 0 Å². The molecule has 19 rings (SSSR count). The van der Waals surface area contributed by atoms with Gasteiger partial charge >= 0.3 is 0 Å². The van der Waals surface area contributed by atoms with Gasteiger partial charge in [-0.25, -0.2) is 0 Å². The van der Waals surface area contributed by atoms with Crippen LogP contribution in [0, 0.1) is 0 Å². The van der Waals surface area contributed by atoms with E-state index in [-0.39, 0.29) is 10.8 Å². The van der Waals surface area contributed by atoms with Crippen LogP contribution in [0.3, 0.4) is 0 Å². The number of nitrogens with zero attached hydrogens (tertiary/aromatic N) is 4. The van der Waals surface area contributed by atoms with E-state index in [9.17, 15) is 0 Å². The fraction of sp³-hybridized carbons (Fsp3) is 0.0652. The summed E-state index contributed by atoms with van der Waals surface area (Å²) in [5, 5.41) is 9.92. The third kappa shape index (κ3) is 8.34. The summed E-state index contributed by atoms with van der Waals surface area (Å²) in [6, 6.07) is 122. The van der Waals surface area contributed by atoms with Crippen molar-refractivity contribution >= 4 is 99.3 Å². The summed E-state index contributed by atoms with van der Waals surface area (Å²) in [6.45, 7) is 9.68. The lowest BCUT2D eigenvalue weighted by molar-refractivity contribution is 0.660. The monoisotopic (exact) mass is 1230 g/mol. The summed E-state index contributed by atoms with van der Waals surface area (Å²) in [5.74, 6) is 0. The molecule has 0 saturated heterocycles. The molecule has 0 fully saturated rings. The zero-order valence-corrected chi connectivity index (χ0v) is 54.0. The molecule has 0 saturated carbocycles. The van der Waals surface area contributed by atoms with Crippen LogP contribution < -0.4 is 9.80 Å². The molecule has 0 amide bonds. The van der Waals surface area contributed by atoms with Crippen molar-refractivity contribution in [2.45, 2.75) is 38.5 Å². The largest absolute Gasteiger partial charge is 0.310 e. The van der Waals surface area contributed by atoms with Gasteiger partial charge in [0.2, 0.25) is 0 Å². The van der Waals surface area contributed by atoms with Gasteiger partial charge in [-0.05, 0) is 222 Å². The van der Waals surface area contributed by atoms with E-state index in [2.05, 4.69) is 374 Å². The number of benzene rings is 15. The third-order valence-corrected chi connectivity index (χ3v) is 21.2. The standard InChI is InChI=1S/C92H66N4/c1-91(2)81-53-59(41-47-69(81)71-49-43-67(57-83(71)91)93(61-25-9-5-10-26-61)65-45-51-87-79(55-65)73-33-21-23-39-85(73)95(87)63-29-13-7-14-30-63)89-75-35-17-19-37-77(75)90(78-38-20-18-36-76(78)89)60-42-48-70-72-50-44-68(58-84(72)92(3,4)82(70)54-60)94(62-27-11-6-12-28-62)66-46-52-88-80(56-66)74-34-22-24-40-86(74)96(88)64-31-15-8-16-32-64/h5-58H,1-4H3. The van der Waals surface area contributed by atoms with Crippen LogP contribution in [0.4, 0.5) is 34.1 Å². The van der Waals surface area contributed by atoms with Gasteiger partial charge in [0.15, 0.2) is 0 Å². The first-order chi connectivity index (χ1) is 47.2. The van der Waals surface area contributed by atoms with Crippen LogP contribution in [-0.2, 0) is 10.8 Å². The lowest BCUT2D eigenvalue weighted by Gasteiger charge is -2.28. The maximum Gasteiger partial charge on any atom is 0.0542 e. The minimum atomic E-state index is -0.299. The van der Waals surface area contributed by atoms with Gasteiger partial charge in [-0.1, -0.05) is 222 Å². The van der Waals surface area contributed by atoms with Crippen molar-refractivity contribution in [3.8, 4) is 55.9 Å². The fourth-order valence-electron chi connectivity index (χ4n) is 16.7. The molecule has 0 atom stereocenters. The molecule has 4 nitrogen and oxygen atoms in total. The Balaban J connectivity index is 0.686. The molecular weight excluding hydrogens is 1160 g/mol. The Kier molecular flexibility index (Phi) is 12.3. The van der Waals surface area contributed by atoms with E-state index in [1.54, 1.807) is 0 Å². The van der Waals surface area contributed by atoms with Crippen LogP contribution in [0.1, 0.15) is 49.9 Å². The summed E-state index contributed by atoms with van der Waals surface area (Å²) >= 11 is 0. The highest BCUT2D eigenvalue weighted by molar-refractivity contribution is 6.22. The molecular formula is C92H66N4. The molecule has 17 aromatic rings. The van der Waals surface area contributed by atoms with Crippen LogP contribution in [0.25, 0.3) is 121 Å². The molecule has 2 heterocycles. The lowest BCUT2D eigenvalue weighted by Crippen LogP contribution is -2.16. The number of hydrogen-bond donors (Lipinski definition) is 0. The average molecular weight is 1230 g/mol. The Labute approximate surface area is 559 Å². The van der Waals surface area contributed by atoms with Crippen molar-refractivity contribution in [2.75, 3.05) is 9.80 Å². The number of fused-ring (bicyclic) bond motifs is 14. The summed E-state index contributed by atoms with van der Waals surface area (Å²) in [4.78, 5) is 4.87. The second-order valence-corrected chi connectivity index (χ2v) is 27.2. The Morgan fingerprint density at radius 3 is 0.875 bits per heavy atom. The number of aromatic nitrogens is 2. The lowest BCUT2D eigenvalue weighted by atomic mass is 9.79. The zero-order valence-electron chi connectivity index (χ0n) is 54.0. The smallest absolute Gasteiger partial charge is 0.0542 e. The van der Waals surface area contributed by atoms with Gasteiger partial charge < -0.3 is 18.9 Å². The van der Waals surface area contributed by atoms with Crippen LogP contribution in [0.5, 0.6) is 0 Å². The molecule has 15 aromatic carbocycles. The van der Waals surface area contributed by atoms with Crippen LogP contribution in [0.2, 0.25) is 0 Å². The number of anilines is 6. The van der Waals surface area contributed by atoms with E-state index >= 15 is 0 Å². The highest BCUT2D eigenvalue weighted by Gasteiger charge is 2.39. The Morgan fingerprint density at radius 2 is 0.500 bits per heavy atom. The average Bonchev–Trinajstić information content (AvgIpc) is 1.45. The first-order valence-electron chi connectivity index (χ1n) is 33.6. The molecule has 2 aromatic heterocycles. The van der Waals surface area contributed by atoms with Crippen LogP contribution in [-0.4, -0.2) is 9.13 Å². The molecule has 0 unspecified atom stereocenters. The molecule has 0 radical (unpaired) electrons. The molecule has 4 heteroatoms. The fourth-order valence-corrected chi connectivity index (χ4v) is 16.7. The molecule has 454 valence electrons. The normalized spacial score (nSPS) is 13.4. The van der Waals surface area contributed by atoms with E-state index < -0.39 is 0 Å². The molecule has 0 aliphatic heterocycles. The van der Waals surface area contributed by atoms with E-state index in [4.69, 9.17) is 0 Å². The number of rotatable bonds is 10. The minimum absolute atomic E-state index is 0.299. The first-order valence-corrected chi connectivity index (χ1v) is 33.6. The quantitative estimate of drug-likeness (QED) is 0.127. The van der Waals surface area contributed by atoms with Crippen molar-refractivity contribution < 1.29 is 0 Å². The van der Waals surface area contributed by atoms with Gasteiger partial charge in [-0.15, -0.1) is 0 Å². The maximum atomic E-state index is 2.51. The molecule has 96 heavy (non-hydrogen) atoms. The molecule has 0 spiro atoms. The number of hydrogen-bond acceptors (Lipinski definition) is 2. The molecule has 2 aliphatic rings. The second-order valence-electron chi connectivity index (χ2n) is 27.2. The summed E-state index contributed by atoms with van der Waals surface area (Å²) < 4.78 is 4.78. The predicted molar refractivity (Wildman–Crippen MR) is 405 cm³/mol. The summed E-state index contributed by atoms with van der Waals surface area (Å²) in [7, 11) is 0. The van der Waals surface area contributed by atoms with Crippen molar-refractivity contribution in [3.63, 3.8) is 0 Å². The van der Waals surface area contributed by atoms with E-state index in [1.165, 1.54) is 132 Å². The first kappa shape index (κ1) is 55.6. The molecule has 2 aliphatic carbocycles. The highest BCUT2D eigenvalue weighted by Crippen LogP contribution is 2.56. The van der Waals surface area contributed by atoms with Gasteiger partial charge in [-0.3, -0.25) is 0 Å². The van der Waals surface area contributed by atoms with Crippen molar-refractivity contribution in [1.82, 2.24) is 9.13 Å². The second kappa shape index (κ2) is 21.3. The Hall–Kier alpha value is -12.0. The molecule has 0 bridgehead atoms. The Bertz CT molecular complexity index is 5590. The molecule has 0 N–H and O–H groups in total. The van der Waals surface area contributed by atoms with Gasteiger partial charge in [0.05, 0.1) is 22.1 Å². The van der Waals surface area contributed by atoms with Crippen LogP contribution >= 0.6 is 0 Å². The third-order valence-electron chi connectivity index (χ3n) is 21.2. The van der Waals surface area contributed by atoms with Crippen molar-refractivity contribution in [2.24, 2.45) is 0 Å². The Morgan fingerprint density at radius 1 is 0.219 bits per heavy atom.